The first kappa shape index (κ1) is 12.9. The second kappa shape index (κ2) is 5.57. The molecule has 0 radical (unpaired) electrons. The van der Waals surface area contributed by atoms with Crippen molar-refractivity contribution in [3.63, 3.8) is 0 Å². The molecule has 0 aliphatic rings. The molecular weight excluding hydrogens is 188 g/mol. The molecule has 0 aromatic heterocycles. The molecule has 0 spiro atoms. The normalized spacial score (nSPS) is 14.8. The molecule has 1 atom stereocenters. The Morgan fingerprint density at radius 3 is 2.08 bits per heavy atom. The molecule has 0 amide bonds. The van der Waals surface area contributed by atoms with Crippen molar-refractivity contribution >= 4 is 10.0 Å². The molecule has 0 fully saturated rings. The van der Waals surface area contributed by atoms with Crippen LogP contribution in [0.3, 0.4) is 0 Å². The van der Waals surface area contributed by atoms with Crippen LogP contribution in [0.15, 0.2) is 0 Å². The van der Waals surface area contributed by atoms with Crippen LogP contribution in [0.4, 0.5) is 0 Å². The summed E-state index contributed by atoms with van der Waals surface area (Å²) < 4.78 is 23.8. The van der Waals surface area contributed by atoms with Gasteiger partial charge in [-0.15, -0.1) is 0 Å². The van der Waals surface area contributed by atoms with Crippen LogP contribution in [0.1, 0.15) is 20.8 Å². The Hall–Kier alpha value is -0.130. The van der Waals surface area contributed by atoms with E-state index < -0.39 is 10.0 Å². The van der Waals surface area contributed by atoms with Crippen molar-refractivity contribution in [3.05, 3.63) is 0 Å². The van der Waals surface area contributed by atoms with Gasteiger partial charge in [0.2, 0.25) is 10.0 Å². The first-order chi connectivity index (χ1) is 5.83. The molecule has 0 saturated heterocycles. The van der Waals surface area contributed by atoms with Crippen LogP contribution < -0.4 is 10.0 Å². The number of nitrogens with one attached hydrogen (secondary N) is 2. The third kappa shape index (κ3) is 8.21. The molecule has 0 aromatic rings. The third-order valence-corrected chi connectivity index (χ3v) is 2.68. The Morgan fingerprint density at radius 2 is 1.69 bits per heavy atom. The highest BCUT2D eigenvalue weighted by molar-refractivity contribution is 7.88. The monoisotopic (exact) mass is 208 g/mol. The van der Waals surface area contributed by atoms with Gasteiger partial charge in [0.25, 0.3) is 0 Å². The van der Waals surface area contributed by atoms with Crippen LogP contribution in [-0.4, -0.2) is 33.8 Å². The van der Waals surface area contributed by atoms with Gasteiger partial charge in [-0.1, -0.05) is 13.8 Å². The Kier molecular flexibility index (Phi) is 5.51. The maximum absolute atomic E-state index is 10.7. The molecular formula is C8H20N2O2S. The van der Waals surface area contributed by atoms with Crippen LogP contribution >= 0.6 is 0 Å². The average Bonchev–Trinajstić information content (AvgIpc) is 1.95. The van der Waals surface area contributed by atoms with Crippen molar-refractivity contribution in [3.8, 4) is 0 Å². The van der Waals surface area contributed by atoms with E-state index in [9.17, 15) is 8.42 Å². The highest BCUT2D eigenvalue weighted by Gasteiger charge is 2.05. The summed E-state index contributed by atoms with van der Waals surface area (Å²) in [5.41, 5.74) is 0. The molecule has 0 saturated carbocycles. The smallest absolute Gasteiger partial charge is 0.208 e. The van der Waals surface area contributed by atoms with Crippen molar-refractivity contribution in [2.24, 2.45) is 5.92 Å². The number of hydrogen-bond donors (Lipinski definition) is 2. The molecule has 0 aromatic carbocycles. The topological polar surface area (TPSA) is 58.2 Å². The van der Waals surface area contributed by atoms with E-state index >= 15 is 0 Å². The molecule has 0 rings (SSSR count). The molecule has 2 N–H and O–H groups in total. The maximum Gasteiger partial charge on any atom is 0.208 e. The van der Waals surface area contributed by atoms with Gasteiger partial charge in [-0.05, 0) is 12.8 Å². The van der Waals surface area contributed by atoms with E-state index in [1.165, 1.54) is 6.26 Å². The summed E-state index contributed by atoms with van der Waals surface area (Å²) in [7, 11) is -3.03. The predicted molar refractivity (Wildman–Crippen MR) is 55.1 cm³/mol. The average molecular weight is 208 g/mol. The lowest BCUT2D eigenvalue weighted by Crippen LogP contribution is -2.37. The van der Waals surface area contributed by atoms with E-state index in [2.05, 4.69) is 30.8 Å². The van der Waals surface area contributed by atoms with Crippen LogP contribution in [0.2, 0.25) is 0 Å². The van der Waals surface area contributed by atoms with Gasteiger partial charge < -0.3 is 5.32 Å². The van der Waals surface area contributed by atoms with Crippen molar-refractivity contribution in [1.82, 2.24) is 10.0 Å². The summed E-state index contributed by atoms with van der Waals surface area (Å²) in [6.45, 7) is 7.47. The lowest BCUT2D eigenvalue weighted by molar-refractivity contribution is 0.429. The molecule has 0 bridgehead atoms. The van der Waals surface area contributed by atoms with E-state index in [0.29, 0.717) is 25.0 Å². The van der Waals surface area contributed by atoms with Gasteiger partial charge in [0.15, 0.2) is 0 Å². The van der Waals surface area contributed by atoms with Crippen LogP contribution in [0.25, 0.3) is 0 Å². The van der Waals surface area contributed by atoms with E-state index in [-0.39, 0.29) is 0 Å². The lowest BCUT2D eigenvalue weighted by Gasteiger charge is -2.17. The number of rotatable bonds is 6. The van der Waals surface area contributed by atoms with Gasteiger partial charge >= 0.3 is 0 Å². The first-order valence-corrected chi connectivity index (χ1v) is 6.40. The minimum atomic E-state index is -3.03. The summed E-state index contributed by atoms with van der Waals surface area (Å²) >= 11 is 0. The molecule has 0 unspecified atom stereocenters. The van der Waals surface area contributed by atoms with Gasteiger partial charge in [-0.25, -0.2) is 13.1 Å². The summed E-state index contributed by atoms with van der Waals surface area (Å²) in [5, 5.41) is 3.23. The van der Waals surface area contributed by atoms with Crippen molar-refractivity contribution in [2.75, 3.05) is 19.3 Å². The second-order valence-corrected chi connectivity index (χ2v) is 5.49. The Morgan fingerprint density at radius 1 is 1.15 bits per heavy atom. The molecule has 0 heterocycles. The van der Waals surface area contributed by atoms with Crippen LogP contribution in [0.5, 0.6) is 0 Å². The zero-order valence-corrected chi connectivity index (χ0v) is 9.61. The quantitative estimate of drug-likeness (QED) is 0.612. The third-order valence-electron chi connectivity index (χ3n) is 1.96. The van der Waals surface area contributed by atoms with Gasteiger partial charge in [-0.2, -0.15) is 0 Å². The van der Waals surface area contributed by atoms with E-state index in [4.69, 9.17) is 0 Å². The van der Waals surface area contributed by atoms with E-state index in [1.807, 2.05) is 0 Å². The van der Waals surface area contributed by atoms with Crippen LogP contribution in [-0.2, 0) is 10.0 Å². The minimum absolute atomic E-state index is 0.418. The fraction of sp³-hybridized carbons (Fsp3) is 1.00. The summed E-state index contributed by atoms with van der Waals surface area (Å²) in [5.74, 6) is 0.568. The summed E-state index contributed by atoms with van der Waals surface area (Å²) in [4.78, 5) is 0. The SMILES string of the molecule is CC(C)[C@@H](C)NCCNS(C)(=O)=O. The van der Waals surface area contributed by atoms with Crippen molar-refractivity contribution in [2.45, 2.75) is 26.8 Å². The van der Waals surface area contributed by atoms with Gasteiger partial charge in [0.1, 0.15) is 0 Å². The van der Waals surface area contributed by atoms with Crippen molar-refractivity contribution in [1.29, 1.82) is 0 Å². The minimum Gasteiger partial charge on any atom is -0.313 e. The van der Waals surface area contributed by atoms with Crippen molar-refractivity contribution < 1.29 is 8.42 Å². The highest BCUT2D eigenvalue weighted by atomic mass is 32.2. The molecule has 0 aliphatic carbocycles. The maximum atomic E-state index is 10.7. The molecule has 80 valence electrons. The molecule has 0 aliphatic heterocycles. The van der Waals surface area contributed by atoms with Gasteiger partial charge in [0, 0.05) is 19.1 Å². The number of hydrogen-bond acceptors (Lipinski definition) is 3. The van der Waals surface area contributed by atoms with Gasteiger partial charge in [-0.3, -0.25) is 0 Å². The molecule has 13 heavy (non-hydrogen) atoms. The lowest BCUT2D eigenvalue weighted by atomic mass is 10.1. The number of sulfonamides is 1. The standard InChI is InChI=1S/C8H20N2O2S/c1-7(2)8(3)9-5-6-10-13(4,11)12/h7-10H,5-6H2,1-4H3/t8-/m1/s1. The Balaban J connectivity index is 3.47. The van der Waals surface area contributed by atoms with E-state index in [1.54, 1.807) is 0 Å². The zero-order valence-electron chi connectivity index (χ0n) is 8.79. The van der Waals surface area contributed by atoms with Crippen LogP contribution in [0, 0.1) is 5.92 Å². The largest absolute Gasteiger partial charge is 0.313 e. The van der Waals surface area contributed by atoms with E-state index in [0.717, 1.165) is 0 Å². The summed E-state index contributed by atoms with van der Waals surface area (Å²) in [6.07, 6.45) is 1.17. The zero-order chi connectivity index (χ0) is 10.5. The Bertz CT molecular complexity index is 224. The second-order valence-electron chi connectivity index (χ2n) is 3.65. The van der Waals surface area contributed by atoms with Gasteiger partial charge in [0.05, 0.1) is 6.26 Å². The fourth-order valence-corrected chi connectivity index (χ4v) is 1.24. The highest BCUT2D eigenvalue weighted by Crippen LogP contribution is 1.98. The predicted octanol–water partition coefficient (Wildman–Crippen LogP) is 0.170. The molecule has 4 nitrogen and oxygen atoms in total. The summed E-state index contributed by atoms with van der Waals surface area (Å²) in [6, 6.07) is 0.418. The fourth-order valence-electron chi connectivity index (χ4n) is 0.772. The Labute approximate surface area is 81.2 Å². The first-order valence-electron chi connectivity index (χ1n) is 4.51. The molecule has 5 heteroatoms.